The second-order valence-electron chi connectivity index (χ2n) is 15.7. The van der Waals surface area contributed by atoms with Crippen molar-refractivity contribution in [2.75, 3.05) is 44.7 Å². The number of anilines is 1. The number of nitrogens with zero attached hydrogens (tertiary/aromatic N) is 4. The number of alkyl carbamates (subject to hydrolysis) is 1. The number of likely N-dealkylation sites (N-methyl/N-ethyl adjacent to an activating group) is 1. The number of rotatable bonds is 4. The Balaban J connectivity index is 1.18. The molecule has 51 heavy (non-hydrogen) atoms. The van der Waals surface area contributed by atoms with E-state index in [2.05, 4.69) is 45.7 Å². The maximum atomic E-state index is 14.2. The minimum Gasteiger partial charge on any atom is -0.479 e. The monoisotopic (exact) mass is 708 g/mol. The van der Waals surface area contributed by atoms with Gasteiger partial charge in [0.15, 0.2) is 0 Å². The average molecular weight is 709 g/mol. The largest absolute Gasteiger partial charge is 0.479 e. The Morgan fingerprint density at radius 3 is 2.49 bits per heavy atom. The summed E-state index contributed by atoms with van der Waals surface area (Å²) in [6.07, 6.45) is 5.22. The number of hydrogen-bond acceptors (Lipinski definition) is 9. The summed E-state index contributed by atoms with van der Waals surface area (Å²) < 4.78 is 11.4. The fourth-order valence-corrected chi connectivity index (χ4v) is 7.59. The molecule has 1 saturated carbocycles. The molecule has 4 aliphatic heterocycles. The zero-order chi connectivity index (χ0) is 36.5. The van der Waals surface area contributed by atoms with Gasteiger partial charge in [0.2, 0.25) is 11.8 Å². The Morgan fingerprint density at radius 2 is 1.76 bits per heavy atom. The van der Waals surface area contributed by atoms with Gasteiger partial charge in [-0.15, -0.1) is 0 Å². The predicted molar refractivity (Wildman–Crippen MR) is 188 cm³/mol. The van der Waals surface area contributed by atoms with Gasteiger partial charge in [0.1, 0.15) is 29.3 Å². The number of carboxylic acids is 1. The Hall–Kier alpha value is -4.33. The van der Waals surface area contributed by atoms with Gasteiger partial charge >= 0.3 is 18.2 Å². The van der Waals surface area contributed by atoms with Crippen molar-refractivity contribution in [2.24, 2.45) is 5.92 Å². The molecule has 1 aliphatic carbocycles. The molecule has 1 aromatic rings. The van der Waals surface area contributed by atoms with E-state index in [4.69, 9.17) is 9.47 Å². The molecular formula is C37H52N6O8. The number of carboxylic acid groups (broad SMARTS) is 1. The van der Waals surface area contributed by atoms with Gasteiger partial charge in [-0.1, -0.05) is 31.1 Å². The van der Waals surface area contributed by atoms with Gasteiger partial charge in [0.05, 0.1) is 6.54 Å². The van der Waals surface area contributed by atoms with Gasteiger partial charge in [-0.25, -0.2) is 14.4 Å². The summed E-state index contributed by atoms with van der Waals surface area (Å²) in [6.45, 7) is 9.73. The van der Waals surface area contributed by atoms with E-state index in [0.29, 0.717) is 25.9 Å². The zero-order valence-corrected chi connectivity index (χ0v) is 30.2. The maximum absolute atomic E-state index is 14.2. The maximum Gasteiger partial charge on any atom is 0.410 e. The van der Waals surface area contributed by atoms with Crippen molar-refractivity contribution in [2.45, 2.75) is 108 Å². The van der Waals surface area contributed by atoms with Crippen LogP contribution in [0, 0.1) is 5.92 Å². The van der Waals surface area contributed by atoms with E-state index >= 15 is 0 Å². The van der Waals surface area contributed by atoms with E-state index in [1.54, 1.807) is 25.7 Å². The van der Waals surface area contributed by atoms with Crippen LogP contribution in [0.15, 0.2) is 30.4 Å². The molecule has 0 spiro atoms. The molecule has 5 atom stereocenters. The molecule has 0 aromatic heterocycles. The summed E-state index contributed by atoms with van der Waals surface area (Å²) >= 11 is 0. The fraction of sp³-hybridized carbons (Fsp3) is 0.649. The summed E-state index contributed by atoms with van der Waals surface area (Å²) in [7, 11) is 2.12. The third-order valence-corrected chi connectivity index (χ3v) is 10.6. The number of hydrogen-bond donors (Lipinski definition) is 3. The summed E-state index contributed by atoms with van der Waals surface area (Å²) in [5.74, 6) is -2.63. The molecular weight excluding hydrogens is 656 g/mol. The summed E-state index contributed by atoms with van der Waals surface area (Å²) in [5, 5.41) is 15.6. The van der Waals surface area contributed by atoms with E-state index in [-0.39, 0.29) is 25.3 Å². The number of amides is 4. The Bertz CT molecular complexity index is 1550. The molecule has 0 bridgehead atoms. The summed E-state index contributed by atoms with van der Waals surface area (Å²) in [6, 6.07) is 4.20. The minimum atomic E-state index is -1.46. The SMILES string of the molecule is CN1CCN(c2ccc3c(c2)CN(C(=O)O[C@@H]2C[C@H]4C(=O)N[C@]5(C(=O)O)C[C@H]5/C=C\CCCCC[C@H](NC(=O)OC(C)(C)C)C(=O)N4C2)C3)CC1. The second kappa shape index (κ2) is 14.7. The highest BCUT2D eigenvalue weighted by Gasteiger charge is 2.61. The molecule has 5 aliphatic rings. The Kier molecular flexibility index (Phi) is 10.5. The van der Waals surface area contributed by atoms with E-state index in [0.717, 1.165) is 62.3 Å². The van der Waals surface area contributed by atoms with Crippen LogP contribution < -0.4 is 15.5 Å². The second-order valence-corrected chi connectivity index (χ2v) is 15.7. The average Bonchev–Trinajstić information content (AvgIpc) is 3.37. The third-order valence-electron chi connectivity index (χ3n) is 10.6. The highest BCUT2D eigenvalue weighted by Crippen LogP contribution is 2.45. The van der Waals surface area contributed by atoms with Crippen molar-refractivity contribution < 1.29 is 38.6 Å². The molecule has 0 radical (unpaired) electrons. The van der Waals surface area contributed by atoms with Crippen LogP contribution in [-0.2, 0) is 36.9 Å². The van der Waals surface area contributed by atoms with Crippen molar-refractivity contribution in [1.82, 2.24) is 25.3 Å². The van der Waals surface area contributed by atoms with Gasteiger partial charge in [0.25, 0.3) is 0 Å². The van der Waals surface area contributed by atoms with E-state index in [1.165, 1.54) is 4.90 Å². The topological polar surface area (TPSA) is 161 Å². The lowest BCUT2D eigenvalue weighted by Gasteiger charge is -2.34. The van der Waals surface area contributed by atoms with Gasteiger partial charge in [-0.05, 0) is 76.8 Å². The molecule has 3 fully saturated rings. The molecule has 6 rings (SSSR count). The fourth-order valence-electron chi connectivity index (χ4n) is 7.59. The lowest BCUT2D eigenvalue weighted by Crippen LogP contribution is -2.56. The first-order valence-electron chi connectivity index (χ1n) is 18.3. The van der Waals surface area contributed by atoms with Gasteiger partial charge in [0, 0.05) is 57.3 Å². The number of piperazine rings is 1. The quantitative estimate of drug-likeness (QED) is 0.397. The third kappa shape index (κ3) is 8.43. The Labute approximate surface area is 299 Å². The van der Waals surface area contributed by atoms with Gasteiger partial charge < -0.3 is 39.9 Å². The van der Waals surface area contributed by atoms with E-state index < -0.39 is 59.3 Å². The molecule has 2 saturated heterocycles. The first kappa shape index (κ1) is 36.5. The number of carbonyl (C=O) groups is 5. The van der Waals surface area contributed by atoms with Crippen molar-refractivity contribution >= 4 is 35.7 Å². The van der Waals surface area contributed by atoms with Crippen LogP contribution >= 0.6 is 0 Å². The van der Waals surface area contributed by atoms with Crippen molar-refractivity contribution in [3.8, 4) is 0 Å². The molecule has 278 valence electrons. The predicted octanol–water partition coefficient (Wildman–Crippen LogP) is 3.23. The zero-order valence-electron chi connectivity index (χ0n) is 30.2. The normalized spacial score (nSPS) is 29.5. The molecule has 4 amide bonds. The minimum absolute atomic E-state index is 0.00693. The number of nitrogens with one attached hydrogen (secondary N) is 2. The van der Waals surface area contributed by atoms with Crippen molar-refractivity contribution in [1.29, 1.82) is 0 Å². The molecule has 3 N–H and O–H groups in total. The highest BCUT2D eigenvalue weighted by molar-refractivity contribution is 5.96. The van der Waals surface area contributed by atoms with Crippen LogP contribution in [-0.4, -0.2) is 119 Å². The van der Waals surface area contributed by atoms with E-state index in [9.17, 15) is 29.1 Å². The summed E-state index contributed by atoms with van der Waals surface area (Å²) in [4.78, 5) is 74.5. The molecule has 14 heteroatoms. The van der Waals surface area contributed by atoms with Crippen LogP contribution in [0.4, 0.5) is 15.3 Å². The lowest BCUT2D eigenvalue weighted by molar-refractivity contribution is -0.145. The van der Waals surface area contributed by atoms with E-state index in [1.807, 2.05) is 12.2 Å². The number of fused-ring (bicyclic) bond motifs is 3. The Morgan fingerprint density at radius 1 is 1.02 bits per heavy atom. The van der Waals surface area contributed by atoms with Crippen LogP contribution in [0.5, 0.6) is 0 Å². The number of ether oxygens (including phenoxy) is 2. The first-order valence-corrected chi connectivity index (χ1v) is 18.3. The number of carbonyl (C=O) groups excluding carboxylic acids is 4. The number of benzene rings is 1. The van der Waals surface area contributed by atoms with Crippen LogP contribution in [0.3, 0.4) is 0 Å². The highest BCUT2D eigenvalue weighted by atomic mass is 16.6. The molecule has 4 heterocycles. The molecule has 14 nitrogen and oxygen atoms in total. The standard InChI is InChI=1S/C37H52N6O8/c1-36(2,3)51-34(48)38-29-11-9-7-5-6-8-10-26-20-37(26,33(46)47)39-31(44)30-19-28(23-43(30)32(29)45)50-35(49)42-21-24-12-13-27(18-25(24)22-42)41-16-14-40(4)15-17-41/h8,10,12-13,18,26,28-30H,5-7,9,11,14-17,19-23H2,1-4H3,(H,38,48)(H,39,44)(H,46,47)/b10-8-/t26-,28-,29+,30+,37-/m1/s1. The van der Waals surface area contributed by atoms with Crippen LogP contribution in [0.1, 0.15) is 76.8 Å². The first-order chi connectivity index (χ1) is 24.2. The van der Waals surface area contributed by atoms with Crippen LogP contribution in [0.25, 0.3) is 0 Å². The van der Waals surface area contributed by atoms with Crippen LogP contribution in [0.2, 0.25) is 0 Å². The van der Waals surface area contributed by atoms with Gasteiger partial charge in [-0.2, -0.15) is 0 Å². The number of aliphatic carboxylic acids is 1. The smallest absolute Gasteiger partial charge is 0.410 e. The molecule has 0 unspecified atom stereocenters. The summed E-state index contributed by atoms with van der Waals surface area (Å²) in [5.41, 5.74) is 0.975. The molecule has 1 aromatic carbocycles. The van der Waals surface area contributed by atoms with Crippen molar-refractivity contribution in [3.05, 3.63) is 41.5 Å². The number of allylic oxidation sites excluding steroid dienone is 1. The van der Waals surface area contributed by atoms with Gasteiger partial charge in [-0.3, -0.25) is 14.5 Å². The lowest BCUT2D eigenvalue weighted by atomic mass is 10.0. The van der Waals surface area contributed by atoms with Crippen molar-refractivity contribution in [3.63, 3.8) is 0 Å².